The molecule has 3 aromatic heterocycles. The lowest BCUT2D eigenvalue weighted by molar-refractivity contribution is -0.130. The van der Waals surface area contributed by atoms with E-state index in [2.05, 4.69) is 44.5 Å². The van der Waals surface area contributed by atoms with Gasteiger partial charge in [0.05, 0.1) is 24.4 Å². The number of nitrogens with zero attached hydrogens (tertiary/aromatic N) is 5. The maximum Gasteiger partial charge on any atom is 0.233 e. The largest absolute Gasteiger partial charge is 0.376 e. The third kappa shape index (κ3) is 3.98. The van der Waals surface area contributed by atoms with Gasteiger partial charge in [-0.05, 0) is 58.1 Å². The van der Waals surface area contributed by atoms with Crippen LogP contribution in [0.25, 0.3) is 0 Å². The summed E-state index contributed by atoms with van der Waals surface area (Å²) < 4.78 is 7.45. The topological polar surface area (TPSA) is 73.1 Å². The van der Waals surface area contributed by atoms with Crippen molar-refractivity contribution < 1.29 is 9.53 Å². The summed E-state index contributed by atoms with van der Waals surface area (Å²) >= 11 is 4.90. The smallest absolute Gasteiger partial charge is 0.233 e. The number of hydrogen-bond acceptors (Lipinski definition) is 8. The highest BCUT2D eigenvalue weighted by atomic mass is 32.2. The van der Waals surface area contributed by atoms with Crippen molar-refractivity contribution in [3.63, 3.8) is 0 Å². The number of amides is 1. The van der Waals surface area contributed by atoms with Gasteiger partial charge in [0.25, 0.3) is 0 Å². The standard InChI is InChI=1S/C19H21N5O2S3/c25-17(12-29-19-20-21-22-24(19)11-13-3-1-8-26-13)23-7-5-15-14(6-10-28-15)18(23)16-4-2-9-27-16/h2,4,6,9-10,13,18H,1,3,5,7-8,11-12H2/t13-,18-/m0/s1. The second-order valence-electron chi connectivity index (χ2n) is 7.12. The molecule has 0 aromatic carbocycles. The third-order valence-electron chi connectivity index (χ3n) is 5.32. The van der Waals surface area contributed by atoms with Crippen LogP contribution in [0.4, 0.5) is 0 Å². The molecule has 0 aliphatic carbocycles. The molecule has 2 atom stereocenters. The van der Waals surface area contributed by atoms with E-state index in [1.54, 1.807) is 27.4 Å². The van der Waals surface area contributed by atoms with Crippen molar-refractivity contribution in [1.82, 2.24) is 25.1 Å². The van der Waals surface area contributed by atoms with Crippen LogP contribution < -0.4 is 0 Å². The Balaban J connectivity index is 1.29. The minimum atomic E-state index is 0.0148. The van der Waals surface area contributed by atoms with Gasteiger partial charge < -0.3 is 9.64 Å². The van der Waals surface area contributed by atoms with Crippen molar-refractivity contribution in [2.24, 2.45) is 0 Å². The fourth-order valence-corrected chi connectivity index (χ4v) is 6.47. The Kier molecular flexibility index (Phi) is 5.67. The van der Waals surface area contributed by atoms with Crippen LogP contribution in [-0.4, -0.2) is 56.0 Å². The molecule has 5 rings (SSSR count). The molecular weight excluding hydrogens is 426 g/mol. The molecule has 3 aromatic rings. The molecule has 1 amide bonds. The van der Waals surface area contributed by atoms with Gasteiger partial charge in [-0.3, -0.25) is 4.79 Å². The molecule has 0 saturated carbocycles. The summed E-state index contributed by atoms with van der Waals surface area (Å²) in [5.41, 5.74) is 1.27. The normalized spacial score (nSPS) is 21.4. The van der Waals surface area contributed by atoms with E-state index in [9.17, 15) is 4.79 Å². The van der Waals surface area contributed by atoms with E-state index >= 15 is 0 Å². The molecule has 0 unspecified atom stereocenters. The van der Waals surface area contributed by atoms with Crippen molar-refractivity contribution >= 4 is 40.3 Å². The predicted octanol–water partition coefficient (Wildman–Crippen LogP) is 3.24. The first-order valence-electron chi connectivity index (χ1n) is 9.69. The summed E-state index contributed by atoms with van der Waals surface area (Å²) in [6.45, 7) is 2.19. The van der Waals surface area contributed by atoms with Gasteiger partial charge in [-0.1, -0.05) is 17.8 Å². The molecule has 0 N–H and O–H groups in total. The number of carbonyl (C=O) groups is 1. The molecule has 0 spiro atoms. The summed E-state index contributed by atoms with van der Waals surface area (Å²) in [4.78, 5) is 17.8. The fraction of sp³-hybridized carbons (Fsp3) is 0.474. The quantitative estimate of drug-likeness (QED) is 0.540. The minimum absolute atomic E-state index is 0.0148. The van der Waals surface area contributed by atoms with Gasteiger partial charge in [0.2, 0.25) is 11.1 Å². The van der Waals surface area contributed by atoms with Crippen LogP contribution in [-0.2, 0) is 22.5 Å². The van der Waals surface area contributed by atoms with E-state index < -0.39 is 0 Å². The van der Waals surface area contributed by atoms with Crippen LogP contribution in [0, 0.1) is 0 Å². The van der Waals surface area contributed by atoms with Crippen LogP contribution in [0.5, 0.6) is 0 Å². The van der Waals surface area contributed by atoms with Crippen LogP contribution in [0.1, 0.15) is 34.2 Å². The zero-order valence-corrected chi connectivity index (χ0v) is 18.2. The molecule has 29 heavy (non-hydrogen) atoms. The average Bonchev–Trinajstić information content (AvgIpc) is 3.54. The van der Waals surface area contributed by atoms with Crippen molar-refractivity contribution in [1.29, 1.82) is 0 Å². The summed E-state index contributed by atoms with van der Waals surface area (Å²) in [5.74, 6) is 0.449. The third-order valence-corrected chi connectivity index (χ3v) is 8.19. The lowest BCUT2D eigenvalue weighted by Crippen LogP contribution is -2.40. The van der Waals surface area contributed by atoms with Gasteiger partial charge in [0, 0.05) is 22.9 Å². The molecule has 0 bridgehead atoms. The SMILES string of the molecule is O=C(CSc1nnnn1C[C@@H]1CCCO1)N1CCc2sccc2[C@H]1c1cccs1. The first kappa shape index (κ1) is 19.2. The number of aromatic nitrogens is 4. The molecule has 2 aliphatic rings. The van der Waals surface area contributed by atoms with Crippen molar-refractivity contribution in [2.75, 3.05) is 18.9 Å². The summed E-state index contributed by atoms with van der Waals surface area (Å²) in [6.07, 6.45) is 3.19. The van der Waals surface area contributed by atoms with Crippen LogP contribution in [0.3, 0.4) is 0 Å². The zero-order valence-electron chi connectivity index (χ0n) is 15.8. The maximum absolute atomic E-state index is 13.2. The Morgan fingerprint density at radius 1 is 1.31 bits per heavy atom. The van der Waals surface area contributed by atoms with Gasteiger partial charge in [-0.15, -0.1) is 27.8 Å². The molecule has 10 heteroatoms. The molecule has 1 fully saturated rings. The minimum Gasteiger partial charge on any atom is -0.376 e. The lowest BCUT2D eigenvalue weighted by Gasteiger charge is -2.35. The summed E-state index contributed by atoms with van der Waals surface area (Å²) in [6, 6.07) is 6.36. The van der Waals surface area contributed by atoms with Gasteiger partial charge >= 0.3 is 0 Å². The van der Waals surface area contributed by atoms with Gasteiger partial charge in [0.15, 0.2) is 0 Å². The molecule has 0 radical (unpaired) electrons. The molecule has 5 heterocycles. The van der Waals surface area contributed by atoms with Gasteiger partial charge in [0.1, 0.15) is 0 Å². The number of tetrazole rings is 1. The second-order valence-corrected chi connectivity index (χ2v) is 10.0. The van der Waals surface area contributed by atoms with Gasteiger partial charge in [-0.25, -0.2) is 4.68 Å². The molecule has 152 valence electrons. The number of thioether (sulfide) groups is 1. The average molecular weight is 448 g/mol. The van der Waals surface area contributed by atoms with Crippen LogP contribution in [0.15, 0.2) is 34.1 Å². The summed E-state index contributed by atoms with van der Waals surface area (Å²) in [5, 5.41) is 16.9. The number of fused-ring (bicyclic) bond motifs is 1. The monoisotopic (exact) mass is 447 g/mol. The lowest BCUT2D eigenvalue weighted by atomic mass is 9.98. The Morgan fingerprint density at radius 3 is 3.10 bits per heavy atom. The Labute approximate surface area is 181 Å². The van der Waals surface area contributed by atoms with E-state index in [1.165, 1.54) is 27.1 Å². The van der Waals surface area contributed by atoms with Crippen LogP contribution >= 0.6 is 34.4 Å². The Bertz CT molecular complexity index is 964. The number of thiophene rings is 2. The number of ether oxygens (including phenoxy) is 1. The highest BCUT2D eigenvalue weighted by Gasteiger charge is 2.33. The Morgan fingerprint density at radius 2 is 2.28 bits per heavy atom. The van der Waals surface area contributed by atoms with E-state index in [0.717, 1.165) is 32.4 Å². The number of rotatable bonds is 6. The van der Waals surface area contributed by atoms with Crippen molar-refractivity contribution in [3.05, 3.63) is 44.3 Å². The molecule has 1 saturated heterocycles. The molecular formula is C19H21N5O2S3. The number of carbonyl (C=O) groups excluding carboxylic acids is 1. The highest BCUT2D eigenvalue weighted by Crippen LogP contribution is 2.39. The summed E-state index contributed by atoms with van der Waals surface area (Å²) in [7, 11) is 0. The number of hydrogen-bond donors (Lipinski definition) is 0. The maximum atomic E-state index is 13.2. The Hall–Kier alpha value is -1.75. The molecule has 2 aliphatic heterocycles. The van der Waals surface area contributed by atoms with Crippen LogP contribution in [0.2, 0.25) is 0 Å². The van der Waals surface area contributed by atoms with Crippen molar-refractivity contribution in [3.8, 4) is 0 Å². The second kappa shape index (κ2) is 8.55. The van der Waals surface area contributed by atoms with E-state index in [0.29, 0.717) is 17.5 Å². The van der Waals surface area contributed by atoms with E-state index in [1.807, 2.05) is 4.90 Å². The fourth-order valence-electron chi connectivity index (χ4n) is 3.94. The van der Waals surface area contributed by atoms with E-state index in [-0.39, 0.29) is 18.1 Å². The van der Waals surface area contributed by atoms with E-state index in [4.69, 9.17) is 4.74 Å². The molecule has 7 nitrogen and oxygen atoms in total. The predicted molar refractivity (Wildman–Crippen MR) is 113 cm³/mol. The van der Waals surface area contributed by atoms with Crippen molar-refractivity contribution in [2.45, 2.75) is 43.1 Å². The first-order valence-corrected chi connectivity index (χ1v) is 12.4. The van der Waals surface area contributed by atoms with Gasteiger partial charge in [-0.2, -0.15) is 0 Å². The highest BCUT2D eigenvalue weighted by molar-refractivity contribution is 7.99. The zero-order chi connectivity index (χ0) is 19.6. The first-order chi connectivity index (χ1) is 14.3.